The second-order valence-electron chi connectivity index (χ2n) is 9.74. The lowest BCUT2D eigenvalue weighted by Gasteiger charge is -2.34. The van der Waals surface area contributed by atoms with Crippen LogP contribution in [0.1, 0.15) is 29.2 Å². The minimum absolute atomic E-state index is 0.0566. The topological polar surface area (TPSA) is 141 Å². The molecule has 2 aliphatic heterocycles. The zero-order chi connectivity index (χ0) is 28.5. The molecule has 2 aliphatic rings. The Labute approximate surface area is 238 Å². The second-order valence-corrected chi connectivity index (χ2v) is 9.74. The molecule has 2 atom stereocenters. The quantitative estimate of drug-likeness (QED) is 0.157. The maximum absolute atomic E-state index is 14.3. The average Bonchev–Trinajstić information content (AvgIpc) is 3.40. The SMILES string of the molecule is [N-]=[N+]=Nc1ccccc1C[C@]1(C(=O)NN2CCOCC2)N=C(c2ccc(OCCCO)cc2)O[C@H]1c1ccccc1. The molecular weight excluding hydrogens is 524 g/mol. The highest BCUT2D eigenvalue weighted by Gasteiger charge is 2.54. The number of ether oxygens (including phenoxy) is 3. The summed E-state index contributed by atoms with van der Waals surface area (Å²) >= 11 is 0. The lowest BCUT2D eigenvalue weighted by Crippen LogP contribution is -2.57. The summed E-state index contributed by atoms with van der Waals surface area (Å²) < 4.78 is 17.7. The first-order valence-electron chi connectivity index (χ1n) is 13.6. The predicted molar refractivity (Wildman–Crippen MR) is 153 cm³/mol. The van der Waals surface area contributed by atoms with Crippen molar-refractivity contribution >= 4 is 17.5 Å². The Bertz CT molecular complexity index is 1400. The smallest absolute Gasteiger partial charge is 0.266 e. The zero-order valence-corrected chi connectivity index (χ0v) is 22.6. The van der Waals surface area contributed by atoms with Gasteiger partial charge in [-0.1, -0.05) is 59.7 Å². The van der Waals surface area contributed by atoms with Crippen LogP contribution in [-0.4, -0.2) is 67.0 Å². The number of azide groups is 1. The molecule has 0 aliphatic carbocycles. The van der Waals surface area contributed by atoms with Crippen LogP contribution in [0.25, 0.3) is 10.4 Å². The van der Waals surface area contributed by atoms with Gasteiger partial charge in [-0.3, -0.25) is 10.2 Å². The van der Waals surface area contributed by atoms with Gasteiger partial charge in [0.15, 0.2) is 11.6 Å². The molecule has 3 aromatic carbocycles. The van der Waals surface area contributed by atoms with Crippen molar-refractivity contribution in [3.05, 3.63) is 106 Å². The molecule has 1 fully saturated rings. The number of carbonyl (C=O) groups is 1. The first kappa shape index (κ1) is 28.1. The van der Waals surface area contributed by atoms with Gasteiger partial charge in [0.25, 0.3) is 5.91 Å². The fourth-order valence-electron chi connectivity index (χ4n) is 4.92. The molecule has 0 aromatic heterocycles. The standard InChI is InChI=1S/C30H32N6O5/c31-35-33-26-10-5-4-9-24(26)21-30(29(38)34-36-15-19-39-20-16-36)27(22-7-2-1-3-8-22)41-28(32-30)23-11-13-25(14-12-23)40-18-6-17-37/h1-5,7-14,27,37H,6,15-21H2,(H,34,38)/t27-,30-/m0/s1. The molecule has 212 valence electrons. The lowest BCUT2D eigenvalue weighted by molar-refractivity contribution is -0.136. The Morgan fingerprint density at radius 2 is 1.83 bits per heavy atom. The fraction of sp³-hybridized carbons (Fsp3) is 0.333. The number of nitrogens with zero attached hydrogens (tertiary/aromatic N) is 5. The summed E-state index contributed by atoms with van der Waals surface area (Å²) in [5, 5.41) is 14.7. The molecule has 11 nitrogen and oxygen atoms in total. The number of carbonyl (C=O) groups excluding carboxylic acids is 1. The van der Waals surface area contributed by atoms with E-state index in [1.807, 2.05) is 59.6 Å². The fourth-order valence-corrected chi connectivity index (χ4v) is 4.92. The number of benzene rings is 3. The van der Waals surface area contributed by atoms with Gasteiger partial charge < -0.3 is 19.3 Å². The molecule has 1 amide bonds. The maximum Gasteiger partial charge on any atom is 0.266 e. The number of rotatable bonds is 11. The van der Waals surface area contributed by atoms with Crippen molar-refractivity contribution < 1.29 is 24.1 Å². The van der Waals surface area contributed by atoms with E-state index in [0.717, 1.165) is 5.56 Å². The van der Waals surface area contributed by atoms with Crippen LogP contribution in [-0.2, 0) is 20.7 Å². The molecule has 1 saturated heterocycles. The number of hydrazine groups is 1. The molecule has 0 saturated carbocycles. The molecule has 11 heteroatoms. The van der Waals surface area contributed by atoms with Crippen LogP contribution in [0.2, 0.25) is 0 Å². The highest BCUT2D eigenvalue weighted by atomic mass is 16.5. The summed E-state index contributed by atoms with van der Waals surface area (Å²) in [7, 11) is 0. The van der Waals surface area contributed by atoms with E-state index in [4.69, 9.17) is 24.3 Å². The summed E-state index contributed by atoms with van der Waals surface area (Å²) in [5.74, 6) is 0.641. The van der Waals surface area contributed by atoms with Crippen LogP contribution in [0.5, 0.6) is 5.75 Å². The summed E-state index contributed by atoms with van der Waals surface area (Å²) in [6, 6.07) is 24.0. The van der Waals surface area contributed by atoms with E-state index in [0.29, 0.717) is 67.8 Å². The maximum atomic E-state index is 14.3. The summed E-state index contributed by atoms with van der Waals surface area (Å²) in [5.41, 5.74) is 13.4. The monoisotopic (exact) mass is 556 g/mol. The van der Waals surface area contributed by atoms with Crippen molar-refractivity contribution in [3.63, 3.8) is 0 Å². The van der Waals surface area contributed by atoms with E-state index in [-0.39, 0.29) is 18.9 Å². The van der Waals surface area contributed by atoms with Gasteiger partial charge >= 0.3 is 0 Å². The molecule has 2 N–H and O–H groups in total. The van der Waals surface area contributed by atoms with Gasteiger partial charge in [-0.15, -0.1) is 0 Å². The molecule has 0 spiro atoms. The van der Waals surface area contributed by atoms with Crippen LogP contribution < -0.4 is 10.2 Å². The van der Waals surface area contributed by atoms with Gasteiger partial charge in [-0.25, -0.2) is 10.0 Å². The highest BCUT2D eigenvalue weighted by Crippen LogP contribution is 2.43. The number of hydrogen-bond acceptors (Lipinski definition) is 8. The van der Waals surface area contributed by atoms with Crippen LogP contribution in [0.4, 0.5) is 5.69 Å². The zero-order valence-electron chi connectivity index (χ0n) is 22.6. The first-order valence-corrected chi connectivity index (χ1v) is 13.6. The number of aliphatic imine (C=N–C) groups is 1. The van der Waals surface area contributed by atoms with Gasteiger partial charge in [0, 0.05) is 48.7 Å². The predicted octanol–water partition coefficient (Wildman–Crippen LogP) is 4.25. The largest absolute Gasteiger partial charge is 0.494 e. The summed E-state index contributed by atoms with van der Waals surface area (Å²) in [6.07, 6.45) is -0.0996. The highest BCUT2D eigenvalue weighted by molar-refractivity contribution is 6.01. The van der Waals surface area contributed by atoms with Gasteiger partial charge in [-0.2, -0.15) is 0 Å². The van der Waals surface area contributed by atoms with Crippen molar-refractivity contribution in [2.45, 2.75) is 24.5 Å². The summed E-state index contributed by atoms with van der Waals surface area (Å²) in [6.45, 7) is 2.56. The van der Waals surface area contributed by atoms with E-state index in [9.17, 15) is 10.3 Å². The Kier molecular flexibility index (Phi) is 9.12. The minimum atomic E-state index is -1.42. The average molecular weight is 557 g/mol. The van der Waals surface area contributed by atoms with Crippen molar-refractivity contribution in [3.8, 4) is 5.75 Å². The Morgan fingerprint density at radius 3 is 2.56 bits per heavy atom. The van der Waals surface area contributed by atoms with Gasteiger partial charge in [0.05, 0.1) is 19.8 Å². The number of nitrogens with one attached hydrogen (secondary N) is 1. The lowest BCUT2D eigenvalue weighted by atomic mass is 9.81. The van der Waals surface area contributed by atoms with Crippen molar-refractivity contribution in [1.82, 2.24) is 10.4 Å². The second kappa shape index (κ2) is 13.3. The van der Waals surface area contributed by atoms with Crippen LogP contribution in [0.3, 0.4) is 0 Å². The van der Waals surface area contributed by atoms with Crippen LogP contribution in [0, 0.1) is 0 Å². The van der Waals surface area contributed by atoms with E-state index in [1.165, 1.54) is 0 Å². The van der Waals surface area contributed by atoms with Crippen molar-refractivity contribution in [1.29, 1.82) is 0 Å². The van der Waals surface area contributed by atoms with Crippen molar-refractivity contribution in [2.24, 2.45) is 10.1 Å². The van der Waals surface area contributed by atoms with E-state index in [2.05, 4.69) is 15.5 Å². The van der Waals surface area contributed by atoms with Gasteiger partial charge in [0.2, 0.25) is 5.90 Å². The molecule has 0 bridgehead atoms. The molecule has 41 heavy (non-hydrogen) atoms. The van der Waals surface area contributed by atoms with E-state index in [1.54, 1.807) is 24.3 Å². The number of hydrogen-bond donors (Lipinski definition) is 2. The molecule has 0 unspecified atom stereocenters. The van der Waals surface area contributed by atoms with Gasteiger partial charge in [0.1, 0.15) is 5.75 Å². The Hall–Kier alpha value is -4.41. The van der Waals surface area contributed by atoms with E-state index < -0.39 is 11.6 Å². The summed E-state index contributed by atoms with van der Waals surface area (Å²) in [4.78, 5) is 22.4. The third-order valence-electron chi connectivity index (χ3n) is 7.01. The minimum Gasteiger partial charge on any atom is -0.494 e. The van der Waals surface area contributed by atoms with Crippen LogP contribution >= 0.6 is 0 Å². The normalized spacial score (nSPS) is 20.4. The molecule has 0 radical (unpaired) electrons. The molecule has 5 rings (SSSR count). The molecule has 3 aromatic rings. The van der Waals surface area contributed by atoms with Gasteiger partial charge in [-0.05, 0) is 40.9 Å². The number of aliphatic hydroxyl groups excluding tert-OH is 1. The molecular formula is C30H32N6O5. The Balaban J connectivity index is 1.58. The number of morpholine rings is 1. The van der Waals surface area contributed by atoms with Crippen molar-refractivity contribution in [2.75, 3.05) is 39.5 Å². The Morgan fingerprint density at radius 1 is 1.10 bits per heavy atom. The third kappa shape index (κ3) is 6.50. The number of amides is 1. The number of aliphatic hydroxyl groups is 1. The van der Waals surface area contributed by atoms with Crippen LogP contribution in [0.15, 0.2) is 89.0 Å². The molecule has 2 heterocycles. The first-order chi connectivity index (χ1) is 20.1. The van der Waals surface area contributed by atoms with E-state index >= 15 is 0 Å². The third-order valence-corrected chi connectivity index (χ3v) is 7.01.